The Hall–Kier alpha value is -1.18. The molecule has 1 rings (SSSR count). The van der Waals surface area contributed by atoms with Gasteiger partial charge in [0.1, 0.15) is 10.7 Å². The highest BCUT2D eigenvalue weighted by atomic mass is 32.2. The Kier molecular flexibility index (Phi) is 4.07. The second-order valence-corrected chi connectivity index (χ2v) is 5.54. The molecule has 0 amide bonds. The van der Waals surface area contributed by atoms with Gasteiger partial charge in [0, 0.05) is 11.7 Å². The molecule has 0 spiro atoms. The fraction of sp³-hybridized carbons (Fsp3) is 0.400. The maximum Gasteiger partial charge on any atom is 0.243 e. The first-order chi connectivity index (χ1) is 7.77. The smallest absolute Gasteiger partial charge is 0.243 e. The van der Waals surface area contributed by atoms with Gasteiger partial charge in [-0.25, -0.2) is 17.5 Å². The molecule has 0 aliphatic carbocycles. The van der Waals surface area contributed by atoms with Crippen LogP contribution in [0.2, 0.25) is 0 Å². The number of nitrogens with two attached hydrogens (primary N) is 1. The number of nitrogens with one attached hydrogen (secondary N) is 1. The number of sulfonamides is 1. The third-order valence-electron chi connectivity index (χ3n) is 2.16. The Balaban J connectivity index is 3.24. The molecule has 0 aliphatic heterocycles. The highest BCUT2D eigenvalue weighted by molar-refractivity contribution is 7.89. The average Bonchev–Trinajstić information content (AvgIpc) is 2.22. The molecule has 0 bridgehead atoms. The highest BCUT2D eigenvalue weighted by Crippen LogP contribution is 2.21. The predicted octanol–water partition coefficient (Wildman–Crippen LogP) is 0.375. The van der Waals surface area contributed by atoms with Crippen LogP contribution < -0.4 is 10.5 Å². The van der Waals surface area contributed by atoms with Crippen molar-refractivity contribution in [1.29, 1.82) is 0 Å². The number of benzene rings is 1. The van der Waals surface area contributed by atoms with Gasteiger partial charge in [-0.15, -0.1) is 0 Å². The fourth-order valence-corrected chi connectivity index (χ4v) is 2.74. The van der Waals surface area contributed by atoms with Gasteiger partial charge < -0.3 is 10.8 Å². The van der Waals surface area contributed by atoms with Crippen LogP contribution in [0.25, 0.3) is 0 Å². The van der Waals surface area contributed by atoms with Crippen molar-refractivity contribution in [3.05, 3.63) is 23.5 Å². The molecule has 5 nitrogen and oxygen atoms in total. The zero-order valence-electron chi connectivity index (χ0n) is 9.57. The SMILES string of the molecule is Cc1cc(N)cc(S(=O)(=O)NC(C)CO)c1F. The summed E-state index contributed by atoms with van der Waals surface area (Å²) in [4.78, 5) is -0.504. The van der Waals surface area contributed by atoms with Crippen LogP contribution in [0.3, 0.4) is 0 Å². The van der Waals surface area contributed by atoms with Crippen molar-refractivity contribution in [3.63, 3.8) is 0 Å². The first-order valence-corrected chi connectivity index (χ1v) is 6.45. The van der Waals surface area contributed by atoms with E-state index in [-0.39, 0.29) is 17.9 Å². The number of halogens is 1. The van der Waals surface area contributed by atoms with Gasteiger partial charge in [-0.1, -0.05) is 0 Å². The van der Waals surface area contributed by atoms with Crippen LogP contribution >= 0.6 is 0 Å². The first kappa shape index (κ1) is 13.9. The van der Waals surface area contributed by atoms with E-state index in [1.54, 1.807) is 0 Å². The zero-order valence-corrected chi connectivity index (χ0v) is 10.4. The Bertz CT molecular complexity index is 517. The van der Waals surface area contributed by atoms with Crippen molar-refractivity contribution in [2.24, 2.45) is 0 Å². The van der Waals surface area contributed by atoms with Gasteiger partial charge in [-0.3, -0.25) is 0 Å². The Morgan fingerprint density at radius 2 is 2.12 bits per heavy atom. The zero-order chi connectivity index (χ0) is 13.2. The van der Waals surface area contributed by atoms with E-state index in [2.05, 4.69) is 4.72 Å². The van der Waals surface area contributed by atoms with E-state index in [0.717, 1.165) is 6.07 Å². The van der Waals surface area contributed by atoms with Crippen LogP contribution in [0.4, 0.5) is 10.1 Å². The standard InChI is InChI=1S/C10H15FN2O3S/c1-6-3-8(12)4-9(10(6)11)17(15,16)13-7(2)5-14/h3-4,7,13-14H,5,12H2,1-2H3. The summed E-state index contributed by atoms with van der Waals surface area (Å²) in [6.45, 7) is 2.52. The minimum Gasteiger partial charge on any atom is -0.399 e. The molecule has 0 fully saturated rings. The fourth-order valence-electron chi connectivity index (χ4n) is 1.33. The van der Waals surface area contributed by atoms with E-state index in [4.69, 9.17) is 10.8 Å². The monoisotopic (exact) mass is 262 g/mol. The van der Waals surface area contributed by atoms with E-state index in [9.17, 15) is 12.8 Å². The topological polar surface area (TPSA) is 92.4 Å². The van der Waals surface area contributed by atoms with Crippen LogP contribution in [0, 0.1) is 12.7 Å². The van der Waals surface area contributed by atoms with Gasteiger partial charge in [0.25, 0.3) is 0 Å². The summed E-state index contributed by atoms with van der Waals surface area (Å²) in [5.41, 5.74) is 5.80. The van der Waals surface area contributed by atoms with Crippen molar-refractivity contribution in [3.8, 4) is 0 Å². The van der Waals surface area contributed by atoms with E-state index >= 15 is 0 Å². The number of hydrogen-bond donors (Lipinski definition) is 3. The summed E-state index contributed by atoms with van der Waals surface area (Å²) in [6, 6.07) is 1.71. The van der Waals surface area contributed by atoms with Gasteiger partial charge in [-0.2, -0.15) is 0 Å². The molecule has 1 aromatic carbocycles. The Morgan fingerprint density at radius 3 is 2.65 bits per heavy atom. The lowest BCUT2D eigenvalue weighted by molar-refractivity contribution is 0.265. The minimum absolute atomic E-state index is 0.155. The molecule has 0 aliphatic rings. The molecule has 1 atom stereocenters. The number of nitrogen functional groups attached to an aromatic ring is 1. The molecule has 96 valence electrons. The summed E-state index contributed by atoms with van der Waals surface area (Å²) in [5.74, 6) is -0.836. The lowest BCUT2D eigenvalue weighted by atomic mass is 10.2. The quantitative estimate of drug-likeness (QED) is 0.684. The molecule has 1 aromatic rings. The molecule has 1 unspecified atom stereocenters. The Labute approximate surface area is 99.5 Å². The summed E-state index contributed by atoms with van der Waals surface area (Å²) >= 11 is 0. The van der Waals surface area contributed by atoms with E-state index in [1.165, 1.54) is 19.9 Å². The van der Waals surface area contributed by atoms with Gasteiger partial charge in [-0.05, 0) is 31.5 Å². The van der Waals surface area contributed by atoms with Crippen LogP contribution in [-0.4, -0.2) is 26.2 Å². The Morgan fingerprint density at radius 1 is 1.53 bits per heavy atom. The van der Waals surface area contributed by atoms with Crippen LogP contribution in [0.1, 0.15) is 12.5 Å². The largest absolute Gasteiger partial charge is 0.399 e. The molecular formula is C10H15FN2O3S. The van der Waals surface area contributed by atoms with Gasteiger partial charge >= 0.3 is 0 Å². The molecule has 0 saturated carbocycles. The van der Waals surface area contributed by atoms with Gasteiger partial charge in [0.15, 0.2) is 0 Å². The summed E-state index contributed by atoms with van der Waals surface area (Å²) in [5, 5.41) is 8.78. The minimum atomic E-state index is -4.01. The summed E-state index contributed by atoms with van der Waals surface area (Å²) in [6.07, 6.45) is 0. The lowest BCUT2D eigenvalue weighted by Crippen LogP contribution is -2.35. The van der Waals surface area contributed by atoms with E-state index in [1.807, 2.05) is 0 Å². The molecule has 4 N–H and O–H groups in total. The van der Waals surface area contributed by atoms with Crippen molar-refractivity contribution < 1.29 is 17.9 Å². The molecule has 7 heteroatoms. The van der Waals surface area contributed by atoms with Crippen molar-refractivity contribution in [2.45, 2.75) is 24.8 Å². The maximum absolute atomic E-state index is 13.7. The molecule has 0 radical (unpaired) electrons. The number of aliphatic hydroxyl groups is 1. The number of hydrogen-bond acceptors (Lipinski definition) is 4. The average molecular weight is 262 g/mol. The third-order valence-corrected chi connectivity index (χ3v) is 3.75. The lowest BCUT2D eigenvalue weighted by Gasteiger charge is -2.13. The van der Waals surface area contributed by atoms with E-state index < -0.39 is 26.8 Å². The normalized spacial score (nSPS) is 13.6. The molecule has 17 heavy (non-hydrogen) atoms. The molecule has 0 saturated heterocycles. The number of aryl methyl sites for hydroxylation is 1. The second-order valence-electron chi connectivity index (χ2n) is 3.85. The van der Waals surface area contributed by atoms with Crippen molar-refractivity contribution in [2.75, 3.05) is 12.3 Å². The number of rotatable bonds is 4. The molecule has 0 aromatic heterocycles. The van der Waals surface area contributed by atoms with Gasteiger partial charge in [0.05, 0.1) is 6.61 Å². The highest BCUT2D eigenvalue weighted by Gasteiger charge is 2.22. The molecular weight excluding hydrogens is 247 g/mol. The number of aliphatic hydroxyl groups excluding tert-OH is 1. The van der Waals surface area contributed by atoms with Crippen LogP contribution in [0.5, 0.6) is 0 Å². The van der Waals surface area contributed by atoms with E-state index in [0.29, 0.717) is 0 Å². The molecule has 0 heterocycles. The first-order valence-electron chi connectivity index (χ1n) is 4.96. The second kappa shape index (κ2) is 4.99. The predicted molar refractivity (Wildman–Crippen MR) is 62.4 cm³/mol. The number of anilines is 1. The summed E-state index contributed by atoms with van der Waals surface area (Å²) in [7, 11) is -4.01. The summed E-state index contributed by atoms with van der Waals surface area (Å²) < 4.78 is 39.5. The third kappa shape index (κ3) is 3.15. The van der Waals surface area contributed by atoms with Gasteiger partial charge in [0.2, 0.25) is 10.0 Å². The maximum atomic E-state index is 13.7. The van der Waals surface area contributed by atoms with Crippen molar-refractivity contribution >= 4 is 15.7 Å². The van der Waals surface area contributed by atoms with Crippen LogP contribution in [-0.2, 0) is 10.0 Å². The van der Waals surface area contributed by atoms with Crippen LogP contribution in [0.15, 0.2) is 17.0 Å². The van der Waals surface area contributed by atoms with Crippen molar-refractivity contribution in [1.82, 2.24) is 4.72 Å².